The number of hydrogen-bond acceptors (Lipinski definition) is 3. The molecule has 2 aromatic rings. The van der Waals surface area contributed by atoms with Gasteiger partial charge in [-0.2, -0.15) is 0 Å². The number of nitrogens with one attached hydrogen (secondary N) is 1. The van der Waals surface area contributed by atoms with Crippen molar-refractivity contribution < 1.29 is 14.3 Å². The minimum Gasteiger partial charge on any atom is -0.454 e. The van der Waals surface area contributed by atoms with E-state index in [-0.39, 0.29) is 12.8 Å². The van der Waals surface area contributed by atoms with Crippen LogP contribution in [0, 0.1) is 0 Å². The number of rotatable bonds is 2. The van der Waals surface area contributed by atoms with Gasteiger partial charge in [-0.1, -0.05) is 24.3 Å². The largest absolute Gasteiger partial charge is 0.454 e. The number of fused-ring (bicyclic) bond motifs is 2. The molecule has 4 rings (SSSR count). The average Bonchev–Trinajstić information content (AvgIpc) is 3.07. The standard InChI is InChI=1S/C18H18N2O3/c21-18(20-9-3-5-14-4-1-2-6-15(14)20)19-11-13-7-8-16-17(10-13)23-12-22-16/h1-2,4,6-8,10H,3,5,9,11-12H2,(H,19,21). The van der Waals surface area contributed by atoms with Crippen LogP contribution in [0.3, 0.4) is 0 Å². The summed E-state index contributed by atoms with van der Waals surface area (Å²) in [7, 11) is 0. The fourth-order valence-electron chi connectivity index (χ4n) is 3.07. The highest BCUT2D eigenvalue weighted by atomic mass is 16.7. The molecule has 23 heavy (non-hydrogen) atoms. The molecule has 0 atom stereocenters. The van der Waals surface area contributed by atoms with Gasteiger partial charge >= 0.3 is 6.03 Å². The highest BCUT2D eigenvalue weighted by Gasteiger charge is 2.22. The summed E-state index contributed by atoms with van der Waals surface area (Å²) in [4.78, 5) is 14.4. The predicted molar refractivity (Wildman–Crippen MR) is 86.9 cm³/mol. The topological polar surface area (TPSA) is 50.8 Å². The van der Waals surface area contributed by atoms with Crippen molar-refractivity contribution in [3.05, 3.63) is 53.6 Å². The van der Waals surface area contributed by atoms with Crippen LogP contribution >= 0.6 is 0 Å². The van der Waals surface area contributed by atoms with Crippen molar-refractivity contribution in [1.82, 2.24) is 5.32 Å². The van der Waals surface area contributed by atoms with Crippen molar-refractivity contribution in [3.63, 3.8) is 0 Å². The molecule has 0 saturated carbocycles. The summed E-state index contributed by atoms with van der Waals surface area (Å²) in [5, 5.41) is 2.99. The Morgan fingerprint density at radius 3 is 2.96 bits per heavy atom. The fraction of sp³-hybridized carbons (Fsp3) is 0.278. The Bertz CT molecular complexity index is 745. The van der Waals surface area contributed by atoms with Gasteiger partial charge in [0.1, 0.15) is 0 Å². The SMILES string of the molecule is O=C(NCc1ccc2c(c1)OCO2)N1CCCc2ccccc21. The van der Waals surface area contributed by atoms with E-state index in [2.05, 4.69) is 11.4 Å². The van der Waals surface area contributed by atoms with Gasteiger partial charge in [0.05, 0.1) is 0 Å². The zero-order valence-electron chi connectivity index (χ0n) is 12.7. The number of aryl methyl sites for hydroxylation is 1. The van der Waals surface area contributed by atoms with Crippen LogP contribution in [0.2, 0.25) is 0 Å². The van der Waals surface area contributed by atoms with Crippen molar-refractivity contribution >= 4 is 11.7 Å². The summed E-state index contributed by atoms with van der Waals surface area (Å²) >= 11 is 0. The molecule has 0 saturated heterocycles. The summed E-state index contributed by atoms with van der Waals surface area (Å²) in [6.45, 7) is 1.48. The normalized spacial score (nSPS) is 15.2. The molecule has 2 heterocycles. The van der Waals surface area contributed by atoms with E-state index in [0.29, 0.717) is 6.54 Å². The maximum absolute atomic E-state index is 12.5. The van der Waals surface area contributed by atoms with Gasteiger partial charge in [0.15, 0.2) is 11.5 Å². The molecular weight excluding hydrogens is 292 g/mol. The Balaban J connectivity index is 1.45. The zero-order valence-corrected chi connectivity index (χ0v) is 12.7. The quantitative estimate of drug-likeness (QED) is 0.927. The second-order valence-corrected chi connectivity index (χ2v) is 5.73. The molecule has 0 aromatic heterocycles. The van der Waals surface area contributed by atoms with Crippen molar-refractivity contribution in [1.29, 1.82) is 0 Å². The van der Waals surface area contributed by atoms with Gasteiger partial charge in [-0.05, 0) is 42.2 Å². The summed E-state index contributed by atoms with van der Waals surface area (Å²) in [6.07, 6.45) is 2.02. The Hall–Kier alpha value is -2.69. The number of carbonyl (C=O) groups excluding carboxylic acids is 1. The number of hydrogen-bond donors (Lipinski definition) is 1. The zero-order chi connectivity index (χ0) is 15.6. The Kier molecular flexibility index (Phi) is 3.54. The van der Waals surface area contributed by atoms with Crippen LogP contribution in [0.4, 0.5) is 10.5 Å². The van der Waals surface area contributed by atoms with Crippen molar-refractivity contribution in [2.75, 3.05) is 18.2 Å². The van der Waals surface area contributed by atoms with Gasteiger partial charge in [0.2, 0.25) is 6.79 Å². The van der Waals surface area contributed by atoms with E-state index in [1.165, 1.54) is 5.56 Å². The second-order valence-electron chi connectivity index (χ2n) is 5.73. The number of benzene rings is 2. The molecule has 0 unspecified atom stereocenters. The number of ether oxygens (including phenoxy) is 2. The first-order valence-electron chi connectivity index (χ1n) is 7.83. The van der Waals surface area contributed by atoms with Crippen molar-refractivity contribution in [2.45, 2.75) is 19.4 Å². The Morgan fingerprint density at radius 1 is 1.13 bits per heavy atom. The molecule has 2 aliphatic rings. The van der Waals surface area contributed by atoms with Crippen LogP contribution in [0.15, 0.2) is 42.5 Å². The molecule has 0 spiro atoms. The molecule has 0 bridgehead atoms. The second kappa shape index (κ2) is 5.83. The molecular formula is C18H18N2O3. The van der Waals surface area contributed by atoms with E-state index in [1.54, 1.807) is 0 Å². The van der Waals surface area contributed by atoms with Crippen LogP contribution < -0.4 is 19.7 Å². The maximum Gasteiger partial charge on any atom is 0.322 e. The predicted octanol–water partition coefficient (Wildman–Crippen LogP) is 3.08. The Labute approximate surface area is 134 Å². The third-order valence-corrected chi connectivity index (χ3v) is 4.24. The molecule has 5 nitrogen and oxygen atoms in total. The molecule has 2 amide bonds. The van der Waals surface area contributed by atoms with E-state index in [1.807, 2.05) is 41.3 Å². The number of para-hydroxylation sites is 1. The minimum atomic E-state index is -0.0604. The number of carbonyl (C=O) groups is 1. The fourth-order valence-corrected chi connectivity index (χ4v) is 3.07. The summed E-state index contributed by atoms with van der Waals surface area (Å²) < 4.78 is 10.7. The Morgan fingerprint density at radius 2 is 2.00 bits per heavy atom. The van der Waals surface area contributed by atoms with Gasteiger partial charge in [0.25, 0.3) is 0 Å². The lowest BCUT2D eigenvalue weighted by Crippen LogP contribution is -2.42. The highest BCUT2D eigenvalue weighted by molar-refractivity contribution is 5.93. The highest BCUT2D eigenvalue weighted by Crippen LogP contribution is 2.32. The average molecular weight is 310 g/mol. The van der Waals surface area contributed by atoms with Crippen molar-refractivity contribution in [3.8, 4) is 11.5 Å². The smallest absolute Gasteiger partial charge is 0.322 e. The molecule has 2 aliphatic heterocycles. The molecule has 2 aromatic carbocycles. The number of anilines is 1. The molecule has 0 fully saturated rings. The third kappa shape index (κ3) is 2.70. The molecule has 0 aliphatic carbocycles. The molecule has 1 N–H and O–H groups in total. The minimum absolute atomic E-state index is 0.0604. The molecule has 118 valence electrons. The number of amides is 2. The lowest BCUT2D eigenvalue weighted by Gasteiger charge is -2.29. The van der Waals surface area contributed by atoms with Gasteiger partial charge in [-0.15, -0.1) is 0 Å². The first-order chi connectivity index (χ1) is 11.3. The van der Waals surface area contributed by atoms with E-state index in [0.717, 1.165) is 42.1 Å². The van der Waals surface area contributed by atoms with E-state index in [9.17, 15) is 4.79 Å². The van der Waals surface area contributed by atoms with Crippen LogP contribution in [0.25, 0.3) is 0 Å². The van der Waals surface area contributed by atoms with Gasteiger partial charge in [-0.25, -0.2) is 4.79 Å². The lowest BCUT2D eigenvalue weighted by molar-refractivity contribution is 0.174. The van der Waals surface area contributed by atoms with E-state index < -0.39 is 0 Å². The lowest BCUT2D eigenvalue weighted by atomic mass is 10.0. The number of urea groups is 1. The van der Waals surface area contributed by atoms with E-state index in [4.69, 9.17) is 9.47 Å². The van der Waals surface area contributed by atoms with E-state index >= 15 is 0 Å². The van der Waals surface area contributed by atoms with Crippen LogP contribution in [-0.2, 0) is 13.0 Å². The van der Waals surface area contributed by atoms with Crippen molar-refractivity contribution in [2.24, 2.45) is 0 Å². The first-order valence-corrected chi connectivity index (χ1v) is 7.83. The first kappa shape index (κ1) is 13.9. The van der Waals surface area contributed by atoms with Crippen LogP contribution in [-0.4, -0.2) is 19.4 Å². The summed E-state index contributed by atoms with van der Waals surface area (Å²) in [5.74, 6) is 1.49. The van der Waals surface area contributed by atoms with Gasteiger partial charge < -0.3 is 14.8 Å². The van der Waals surface area contributed by atoms with Gasteiger partial charge in [-0.3, -0.25) is 4.90 Å². The molecule has 0 radical (unpaired) electrons. The van der Waals surface area contributed by atoms with Crippen LogP contribution in [0.5, 0.6) is 11.5 Å². The number of nitrogens with zero attached hydrogens (tertiary/aromatic N) is 1. The monoisotopic (exact) mass is 310 g/mol. The van der Waals surface area contributed by atoms with Crippen LogP contribution in [0.1, 0.15) is 17.5 Å². The third-order valence-electron chi connectivity index (χ3n) is 4.24. The maximum atomic E-state index is 12.5. The van der Waals surface area contributed by atoms with Gasteiger partial charge in [0, 0.05) is 18.8 Å². The molecule has 5 heteroatoms. The summed E-state index contributed by atoms with van der Waals surface area (Å²) in [5.41, 5.74) is 3.24. The summed E-state index contributed by atoms with van der Waals surface area (Å²) in [6, 6.07) is 13.8.